The Balaban J connectivity index is 2.62. The Morgan fingerprint density at radius 3 is 2.72 bits per heavy atom. The zero-order valence-electron chi connectivity index (χ0n) is 9.43. The summed E-state index contributed by atoms with van der Waals surface area (Å²) in [7, 11) is 1.68. The Morgan fingerprint density at radius 2 is 2.11 bits per heavy atom. The van der Waals surface area contributed by atoms with Crippen molar-refractivity contribution >= 4 is 10.9 Å². The standard InChI is InChI=1S/C11H10F3N3O/c1-15-5-9-16-8-3-2-6(11(12,13)14)4-7(8)10(18)17-9/h2-4,15H,5H2,1H3,(H,16,17,18). The Labute approximate surface area is 99.9 Å². The molecule has 0 radical (unpaired) electrons. The van der Waals surface area contributed by atoms with Crippen molar-refractivity contribution in [2.45, 2.75) is 12.7 Å². The average molecular weight is 257 g/mol. The number of benzene rings is 1. The van der Waals surface area contributed by atoms with Gasteiger partial charge in [0.15, 0.2) is 0 Å². The molecule has 0 aliphatic heterocycles. The highest BCUT2D eigenvalue weighted by atomic mass is 19.4. The molecule has 0 spiro atoms. The van der Waals surface area contributed by atoms with Crippen LogP contribution in [0.5, 0.6) is 0 Å². The molecule has 7 heteroatoms. The molecule has 0 saturated carbocycles. The van der Waals surface area contributed by atoms with Gasteiger partial charge in [-0.2, -0.15) is 13.2 Å². The molecule has 0 bridgehead atoms. The fourth-order valence-corrected chi connectivity index (χ4v) is 1.61. The predicted octanol–water partition coefficient (Wildman–Crippen LogP) is 1.66. The van der Waals surface area contributed by atoms with E-state index in [0.717, 1.165) is 12.1 Å². The van der Waals surface area contributed by atoms with Crippen LogP contribution in [0.3, 0.4) is 0 Å². The smallest absolute Gasteiger partial charge is 0.313 e. The van der Waals surface area contributed by atoms with Crippen molar-refractivity contribution in [2.24, 2.45) is 0 Å². The van der Waals surface area contributed by atoms with E-state index in [1.54, 1.807) is 7.05 Å². The summed E-state index contributed by atoms with van der Waals surface area (Å²) >= 11 is 0. The summed E-state index contributed by atoms with van der Waals surface area (Å²) < 4.78 is 37.5. The third-order valence-corrected chi connectivity index (χ3v) is 2.43. The third-order valence-electron chi connectivity index (χ3n) is 2.43. The van der Waals surface area contributed by atoms with Crippen LogP contribution >= 0.6 is 0 Å². The summed E-state index contributed by atoms with van der Waals surface area (Å²) in [5.41, 5.74) is -1.18. The second-order valence-electron chi connectivity index (χ2n) is 3.77. The van der Waals surface area contributed by atoms with Crippen molar-refractivity contribution in [3.63, 3.8) is 0 Å². The summed E-state index contributed by atoms with van der Waals surface area (Å²) in [5, 5.41) is 2.73. The van der Waals surface area contributed by atoms with Crippen LogP contribution in [0, 0.1) is 0 Å². The number of alkyl halides is 3. The Bertz CT molecular complexity index is 633. The molecule has 0 atom stereocenters. The number of fused-ring (bicyclic) bond motifs is 1. The van der Waals surface area contributed by atoms with Crippen molar-refractivity contribution in [1.29, 1.82) is 0 Å². The van der Waals surface area contributed by atoms with E-state index >= 15 is 0 Å². The molecule has 2 N–H and O–H groups in total. The molecule has 4 nitrogen and oxygen atoms in total. The topological polar surface area (TPSA) is 57.8 Å². The molecule has 1 aromatic heterocycles. The number of aromatic nitrogens is 2. The van der Waals surface area contributed by atoms with Crippen molar-refractivity contribution in [3.05, 3.63) is 39.9 Å². The molecule has 0 amide bonds. The van der Waals surface area contributed by atoms with Gasteiger partial charge < -0.3 is 10.3 Å². The third kappa shape index (κ3) is 2.35. The normalized spacial score (nSPS) is 12.0. The molecule has 0 unspecified atom stereocenters. The van der Waals surface area contributed by atoms with Crippen molar-refractivity contribution < 1.29 is 13.2 Å². The molecule has 1 heterocycles. The maximum atomic E-state index is 12.5. The van der Waals surface area contributed by atoms with Gasteiger partial charge in [-0.1, -0.05) is 0 Å². The maximum absolute atomic E-state index is 12.5. The van der Waals surface area contributed by atoms with Gasteiger partial charge in [0.25, 0.3) is 5.56 Å². The first kappa shape index (κ1) is 12.6. The van der Waals surface area contributed by atoms with E-state index in [-0.39, 0.29) is 10.9 Å². The van der Waals surface area contributed by atoms with E-state index in [9.17, 15) is 18.0 Å². The zero-order chi connectivity index (χ0) is 13.3. The minimum atomic E-state index is -4.47. The highest BCUT2D eigenvalue weighted by Crippen LogP contribution is 2.30. The first-order valence-corrected chi connectivity index (χ1v) is 5.16. The number of hydrogen-bond donors (Lipinski definition) is 2. The lowest BCUT2D eigenvalue weighted by Gasteiger charge is -2.07. The van der Waals surface area contributed by atoms with Gasteiger partial charge in [0.05, 0.1) is 23.0 Å². The first-order valence-electron chi connectivity index (χ1n) is 5.16. The van der Waals surface area contributed by atoms with E-state index < -0.39 is 17.3 Å². The van der Waals surface area contributed by atoms with Gasteiger partial charge in [0.1, 0.15) is 5.82 Å². The molecule has 2 aromatic rings. The highest BCUT2D eigenvalue weighted by Gasteiger charge is 2.30. The largest absolute Gasteiger partial charge is 0.416 e. The summed E-state index contributed by atoms with van der Waals surface area (Å²) in [6, 6.07) is 2.93. The van der Waals surface area contributed by atoms with Crippen LogP contribution in [-0.4, -0.2) is 17.0 Å². The summed E-state index contributed by atoms with van der Waals surface area (Å²) in [4.78, 5) is 18.2. The second kappa shape index (κ2) is 4.41. The molecular weight excluding hydrogens is 247 g/mol. The second-order valence-corrected chi connectivity index (χ2v) is 3.77. The number of hydrogen-bond acceptors (Lipinski definition) is 3. The van der Waals surface area contributed by atoms with E-state index in [2.05, 4.69) is 15.3 Å². The zero-order valence-corrected chi connectivity index (χ0v) is 9.43. The fraction of sp³-hybridized carbons (Fsp3) is 0.273. The minimum absolute atomic E-state index is 0.0651. The van der Waals surface area contributed by atoms with Gasteiger partial charge >= 0.3 is 6.18 Å². The van der Waals surface area contributed by atoms with Gasteiger partial charge in [-0.3, -0.25) is 4.79 Å². The van der Waals surface area contributed by atoms with E-state index in [1.807, 2.05) is 0 Å². The molecule has 18 heavy (non-hydrogen) atoms. The first-order chi connectivity index (χ1) is 8.41. The summed E-state index contributed by atoms with van der Waals surface area (Å²) in [6.07, 6.45) is -4.47. The SMILES string of the molecule is CNCc1nc2ccc(C(F)(F)F)cc2c(=O)[nH]1. The highest BCUT2D eigenvalue weighted by molar-refractivity contribution is 5.78. The molecular formula is C11H10F3N3O. The summed E-state index contributed by atoms with van der Waals surface area (Å²) in [6.45, 7) is 0.339. The number of H-pyrrole nitrogens is 1. The number of nitrogens with one attached hydrogen (secondary N) is 2. The van der Waals surface area contributed by atoms with Crippen LogP contribution < -0.4 is 10.9 Å². The number of nitrogens with zero attached hydrogens (tertiary/aromatic N) is 1. The van der Waals surface area contributed by atoms with Crippen molar-refractivity contribution in [1.82, 2.24) is 15.3 Å². The Hall–Kier alpha value is -1.89. The average Bonchev–Trinajstić information content (AvgIpc) is 2.27. The predicted molar refractivity (Wildman–Crippen MR) is 60.1 cm³/mol. The molecule has 0 fully saturated rings. The van der Waals surface area contributed by atoms with E-state index in [0.29, 0.717) is 12.4 Å². The molecule has 0 aliphatic carbocycles. The van der Waals surface area contributed by atoms with Crippen LogP contribution in [0.15, 0.2) is 23.0 Å². The van der Waals surface area contributed by atoms with Crippen LogP contribution in [0.1, 0.15) is 11.4 Å². The Morgan fingerprint density at radius 1 is 1.39 bits per heavy atom. The van der Waals surface area contributed by atoms with Crippen molar-refractivity contribution in [2.75, 3.05) is 7.05 Å². The maximum Gasteiger partial charge on any atom is 0.416 e. The molecule has 0 aliphatic rings. The van der Waals surface area contributed by atoms with Crippen molar-refractivity contribution in [3.8, 4) is 0 Å². The monoisotopic (exact) mass is 257 g/mol. The minimum Gasteiger partial charge on any atom is -0.313 e. The van der Waals surface area contributed by atoms with E-state index in [1.165, 1.54) is 6.07 Å². The molecule has 1 aromatic carbocycles. The van der Waals surface area contributed by atoms with Gasteiger partial charge in [0.2, 0.25) is 0 Å². The van der Waals surface area contributed by atoms with Gasteiger partial charge in [0, 0.05) is 0 Å². The fourth-order valence-electron chi connectivity index (χ4n) is 1.61. The van der Waals surface area contributed by atoms with Crippen LogP contribution in [0.25, 0.3) is 10.9 Å². The van der Waals surface area contributed by atoms with Gasteiger partial charge in [-0.15, -0.1) is 0 Å². The lowest BCUT2D eigenvalue weighted by Crippen LogP contribution is -2.17. The van der Waals surface area contributed by atoms with Crippen LogP contribution in [0.2, 0.25) is 0 Å². The van der Waals surface area contributed by atoms with Crippen LogP contribution in [-0.2, 0) is 12.7 Å². The van der Waals surface area contributed by atoms with E-state index in [4.69, 9.17) is 0 Å². The number of aromatic amines is 1. The van der Waals surface area contributed by atoms with Crippen LogP contribution in [0.4, 0.5) is 13.2 Å². The number of rotatable bonds is 2. The van der Waals surface area contributed by atoms with Gasteiger partial charge in [-0.05, 0) is 25.2 Å². The summed E-state index contributed by atoms with van der Waals surface area (Å²) in [5.74, 6) is 0.384. The van der Waals surface area contributed by atoms with Gasteiger partial charge in [-0.25, -0.2) is 4.98 Å². The lowest BCUT2D eigenvalue weighted by molar-refractivity contribution is -0.137. The molecule has 2 rings (SSSR count). The molecule has 0 saturated heterocycles. The lowest BCUT2D eigenvalue weighted by atomic mass is 10.1. The quantitative estimate of drug-likeness (QED) is 0.860. The molecule has 96 valence electrons. The number of halogens is 3. The Kier molecular flexibility index (Phi) is 3.08.